The first kappa shape index (κ1) is 14.4. The number of aliphatic carboxylic acids is 1. The second-order valence-corrected chi connectivity index (χ2v) is 5.71. The first-order chi connectivity index (χ1) is 9.38. The summed E-state index contributed by atoms with van der Waals surface area (Å²) in [6.07, 6.45) is 0. The number of hydrogen-bond donors (Lipinski definition) is 2. The molecule has 20 heavy (non-hydrogen) atoms. The van der Waals surface area contributed by atoms with Crippen LogP contribution in [0.3, 0.4) is 0 Å². The molecule has 2 N–H and O–H groups in total. The van der Waals surface area contributed by atoms with Crippen LogP contribution in [0.15, 0.2) is 5.38 Å². The standard InChI is InChI=1S/C12H15N3O4S/c1-6-3-15(4-8(6)11(18)19)10(17)9-5-20-12(14-9)13-7(2)16/h5-6,8H,3-4H2,1-2H3,(H,18,19)(H,13,14,16). The number of rotatable bonds is 3. The lowest BCUT2D eigenvalue weighted by Crippen LogP contribution is -2.30. The highest BCUT2D eigenvalue weighted by Gasteiger charge is 2.37. The van der Waals surface area contributed by atoms with E-state index < -0.39 is 11.9 Å². The number of aromatic nitrogens is 1. The van der Waals surface area contributed by atoms with Gasteiger partial charge in [0, 0.05) is 25.4 Å². The largest absolute Gasteiger partial charge is 0.481 e. The predicted molar refractivity (Wildman–Crippen MR) is 72.6 cm³/mol. The van der Waals surface area contributed by atoms with Crippen LogP contribution in [-0.2, 0) is 9.59 Å². The molecule has 0 radical (unpaired) electrons. The molecule has 8 heteroatoms. The molecule has 1 saturated heterocycles. The van der Waals surface area contributed by atoms with E-state index in [1.54, 1.807) is 5.38 Å². The van der Waals surface area contributed by atoms with Crippen molar-refractivity contribution in [3.05, 3.63) is 11.1 Å². The van der Waals surface area contributed by atoms with Crippen molar-refractivity contribution in [1.29, 1.82) is 0 Å². The van der Waals surface area contributed by atoms with Crippen LogP contribution in [0, 0.1) is 11.8 Å². The SMILES string of the molecule is CC(=O)Nc1nc(C(=O)N2CC(C)C(C(=O)O)C2)cs1. The van der Waals surface area contributed by atoms with Crippen LogP contribution < -0.4 is 5.32 Å². The van der Waals surface area contributed by atoms with Crippen molar-refractivity contribution < 1.29 is 19.5 Å². The Labute approximate surface area is 119 Å². The van der Waals surface area contributed by atoms with Crippen LogP contribution in [0.1, 0.15) is 24.3 Å². The normalized spacial score (nSPS) is 21.8. The number of carboxylic acids is 1. The van der Waals surface area contributed by atoms with Crippen LogP contribution in [0.4, 0.5) is 5.13 Å². The van der Waals surface area contributed by atoms with E-state index in [1.165, 1.54) is 23.2 Å². The zero-order valence-corrected chi connectivity index (χ0v) is 11.9. The fraction of sp³-hybridized carbons (Fsp3) is 0.500. The van der Waals surface area contributed by atoms with Gasteiger partial charge in [-0.15, -0.1) is 11.3 Å². The van der Waals surface area contributed by atoms with Gasteiger partial charge in [-0.05, 0) is 5.92 Å². The molecule has 2 unspecified atom stereocenters. The van der Waals surface area contributed by atoms with Gasteiger partial charge in [0.15, 0.2) is 5.13 Å². The third-order valence-electron chi connectivity index (χ3n) is 3.22. The summed E-state index contributed by atoms with van der Waals surface area (Å²) in [6, 6.07) is 0. The average Bonchev–Trinajstić information content (AvgIpc) is 2.94. The van der Waals surface area contributed by atoms with Crippen LogP contribution in [0.5, 0.6) is 0 Å². The summed E-state index contributed by atoms with van der Waals surface area (Å²) in [7, 11) is 0. The van der Waals surface area contributed by atoms with Gasteiger partial charge >= 0.3 is 5.97 Å². The smallest absolute Gasteiger partial charge is 0.308 e. The minimum Gasteiger partial charge on any atom is -0.481 e. The highest BCUT2D eigenvalue weighted by Crippen LogP contribution is 2.25. The van der Waals surface area contributed by atoms with Gasteiger partial charge in [-0.2, -0.15) is 0 Å². The Bertz CT molecular complexity index is 557. The molecule has 1 fully saturated rings. The topological polar surface area (TPSA) is 99.6 Å². The van der Waals surface area contributed by atoms with E-state index in [9.17, 15) is 14.4 Å². The monoisotopic (exact) mass is 297 g/mol. The molecule has 2 amide bonds. The summed E-state index contributed by atoms with van der Waals surface area (Å²) in [5.74, 6) is -2.05. The Morgan fingerprint density at radius 3 is 2.70 bits per heavy atom. The summed E-state index contributed by atoms with van der Waals surface area (Å²) < 4.78 is 0. The molecule has 1 aromatic rings. The van der Waals surface area contributed by atoms with Gasteiger partial charge in [-0.1, -0.05) is 6.92 Å². The molecular weight excluding hydrogens is 282 g/mol. The van der Waals surface area contributed by atoms with E-state index >= 15 is 0 Å². The number of hydrogen-bond acceptors (Lipinski definition) is 5. The zero-order chi connectivity index (χ0) is 14.9. The van der Waals surface area contributed by atoms with Crippen LogP contribution in [-0.4, -0.2) is 45.9 Å². The number of carboxylic acid groups (broad SMARTS) is 1. The van der Waals surface area contributed by atoms with E-state index in [0.717, 1.165) is 0 Å². The molecule has 0 saturated carbocycles. The second-order valence-electron chi connectivity index (χ2n) is 4.85. The van der Waals surface area contributed by atoms with E-state index in [2.05, 4.69) is 10.3 Å². The lowest BCUT2D eigenvalue weighted by Gasteiger charge is -2.13. The minimum absolute atomic E-state index is 0.0788. The molecule has 0 spiro atoms. The number of carbonyl (C=O) groups is 3. The highest BCUT2D eigenvalue weighted by atomic mass is 32.1. The molecule has 1 aromatic heterocycles. The Hall–Kier alpha value is -1.96. The van der Waals surface area contributed by atoms with Crippen molar-refractivity contribution in [2.75, 3.05) is 18.4 Å². The second kappa shape index (κ2) is 5.58. The first-order valence-electron chi connectivity index (χ1n) is 6.13. The summed E-state index contributed by atoms with van der Waals surface area (Å²) in [5.41, 5.74) is 0.233. The first-order valence-corrected chi connectivity index (χ1v) is 7.01. The van der Waals surface area contributed by atoms with Gasteiger partial charge in [0.2, 0.25) is 5.91 Å². The Morgan fingerprint density at radius 1 is 1.45 bits per heavy atom. The van der Waals surface area contributed by atoms with Gasteiger partial charge in [-0.3, -0.25) is 14.4 Å². The van der Waals surface area contributed by atoms with Crippen LogP contribution >= 0.6 is 11.3 Å². The van der Waals surface area contributed by atoms with Gasteiger partial charge in [0.1, 0.15) is 5.69 Å². The molecule has 0 aromatic carbocycles. The van der Waals surface area contributed by atoms with Gasteiger partial charge in [-0.25, -0.2) is 4.98 Å². The Kier molecular flexibility index (Phi) is 4.03. The molecule has 7 nitrogen and oxygen atoms in total. The maximum Gasteiger partial charge on any atom is 0.308 e. The third kappa shape index (κ3) is 2.96. The fourth-order valence-corrected chi connectivity index (χ4v) is 2.93. The van der Waals surface area contributed by atoms with E-state index in [4.69, 9.17) is 5.11 Å². The van der Waals surface area contributed by atoms with E-state index in [-0.39, 0.29) is 30.0 Å². The third-order valence-corrected chi connectivity index (χ3v) is 3.98. The summed E-state index contributed by atoms with van der Waals surface area (Å²) in [4.78, 5) is 39.7. The molecule has 0 aliphatic carbocycles. The molecule has 1 aliphatic rings. The van der Waals surface area contributed by atoms with Crippen molar-refractivity contribution in [3.63, 3.8) is 0 Å². The lowest BCUT2D eigenvalue weighted by atomic mass is 9.99. The predicted octanol–water partition coefficient (Wildman–Crippen LogP) is 0.894. The number of anilines is 1. The molecule has 108 valence electrons. The molecule has 2 atom stereocenters. The summed E-state index contributed by atoms with van der Waals surface area (Å²) in [5, 5.41) is 13.5. The highest BCUT2D eigenvalue weighted by molar-refractivity contribution is 7.14. The number of likely N-dealkylation sites (tertiary alicyclic amines) is 1. The van der Waals surface area contributed by atoms with Crippen molar-refractivity contribution in [3.8, 4) is 0 Å². The molecular formula is C12H15N3O4S. The van der Waals surface area contributed by atoms with Gasteiger partial charge in [0.25, 0.3) is 5.91 Å². The lowest BCUT2D eigenvalue weighted by molar-refractivity contribution is -0.142. The summed E-state index contributed by atoms with van der Waals surface area (Å²) >= 11 is 1.17. The van der Waals surface area contributed by atoms with Crippen LogP contribution in [0.25, 0.3) is 0 Å². The minimum atomic E-state index is -0.884. The van der Waals surface area contributed by atoms with E-state index in [1.807, 2.05) is 6.92 Å². The van der Waals surface area contributed by atoms with E-state index in [0.29, 0.717) is 11.7 Å². The van der Waals surface area contributed by atoms with Crippen molar-refractivity contribution >= 4 is 34.3 Å². The van der Waals surface area contributed by atoms with Crippen molar-refractivity contribution in [1.82, 2.24) is 9.88 Å². The van der Waals surface area contributed by atoms with Gasteiger partial charge in [0.05, 0.1) is 5.92 Å². The fourth-order valence-electron chi connectivity index (χ4n) is 2.20. The van der Waals surface area contributed by atoms with Crippen LogP contribution in [0.2, 0.25) is 0 Å². The number of nitrogens with zero attached hydrogens (tertiary/aromatic N) is 2. The maximum absolute atomic E-state index is 12.2. The quantitative estimate of drug-likeness (QED) is 0.863. The molecule has 2 heterocycles. The number of carbonyl (C=O) groups excluding carboxylic acids is 2. The molecule has 0 bridgehead atoms. The number of amides is 2. The number of nitrogens with one attached hydrogen (secondary N) is 1. The molecule has 2 rings (SSSR count). The summed E-state index contributed by atoms with van der Waals surface area (Å²) in [6.45, 7) is 3.78. The van der Waals surface area contributed by atoms with Crippen molar-refractivity contribution in [2.45, 2.75) is 13.8 Å². The maximum atomic E-state index is 12.2. The zero-order valence-electron chi connectivity index (χ0n) is 11.1. The van der Waals surface area contributed by atoms with Gasteiger partial charge < -0.3 is 15.3 Å². The Balaban J connectivity index is 2.07. The average molecular weight is 297 g/mol. The molecule has 1 aliphatic heterocycles. The van der Waals surface area contributed by atoms with Crippen molar-refractivity contribution in [2.24, 2.45) is 11.8 Å². The Morgan fingerprint density at radius 2 is 2.15 bits per heavy atom. The number of thiazole rings is 1.